The van der Waals surface area contributed by atoms with E-state index in [0.717, 1.165) is 16.5 Å². The molecule has 0 amide bonds. The van der Waals surface area contributed by atoms with Crippen LogP contribution in [0.1, 0.15) is 5.56 Å². The fourth-order valence-electron chi connectivity index (χ4n) is 2.91. The second-order valence-electron chi connectivity index (χ2n) is 6.38. The average molecular weight is 402 g/mol. The molecule has 9 heteroatoms. The van der Waals surface area contributed by atoms with Gasteiger partial charge in [0.25, 0.3) is 0 Å². The third kappa shape index (κ3) is 4.10. The zero-order valence-electron chi connectivity index (χ0n) is 14.5. The van der Waals surface area contributed by atoms with Crippen LogP contribution in [0.3, 0.4) is 0 Å². The van der Waals surface area contributed by atoms with Gasteiger partial charge in [-0.25, -0.2) is 18.6 Å². The van der Waals surface area contributed by atoms with Crippen LogP contribution in [0, 0.1) is 11.6 Å². The van der Waals surface area contributed by atoms with Gasteiger partial charge in [-0.3, -0.25) is 4.98 Å². The third-order valence-electron chi connectivity index (χ3n) is 4.15. The van der Waals surface area contributed by atoms with E-state index in [-0.39, 0.29) is 6.04 Å². The Labute approximate surface area is 162 Å². The summed E-state index contributed by atoms with van der Waals surface area (Å²) >= 11 is 1.43. The number of nitrogens with one attached hydrogen (secondary N) is 2. The van der Waals surface area contributed by atoms with Crippen LogP contribution in [-0.4, -0.2) is 22.6 Å². The van der Waals surface area contributed by atoms with Crippen LogP contribution in [0.5, 0.6) is 0 Å². The van der Waals surface area contributed by atoms with Gasteiger partial charge >= 0.3 is 5.76 Å². The standard InChI is InChI=1S/C19H16F2N4O2S/c20-12-3-10(4-13(21)7-12)5-14(22)8-23-18-24-9-17(28-18)11-1-2-15-16(6-11)27-19(26)25-15/h1-4,6-7,9,14H,5,8,22H2,(H,23,24)(H,25,26)/t14-/m0/s1. The van der Waals surface area contributed by atoms with E-state index in [1.807, 2.05) is 6.07 Å². The number of fused-ring (bicyclic) bond motifs is 1. The first-order valence-corrected chi connectivity index (χ1v) is 9.31. The molecular formula is C19H16F2N4O2S. The number of thiazole rings is 1. The van der Waals surface area contributed by atoms with Crippen molar-refractivity contribution in [2.75, 3.05) is 11.9 Å². The van der Waals surface area contributed by atoms with Crippen molar-refractivity contribution >= 4 is 27.6 Å². The number of aromatic nitrogens is 2. The van der Waals surface area contributed by atoms with Gasteiger partial charge in [0.15, 0.2) is 10.7 Å². The fourth-order valence-corrected chi connectivity index (χ4v) is 3.73. The number of rotatable bonds is 6. The van der Waals surface area contributed by atoms with Gasteiger partial charge in [0, 0.05) is 24.8 Å². The lowest BCUT2D eigenvalue weighted by molar-refractivity contribution is 0.555. The third-order valence-corrected chi connectivity index (χ3v) is 5.15. The predicted molar refractivity (Wildman–Crippen MR) is 104 cm³/mol. The fraction of sp³-hybridized carbons (Fsp3) is 0.158. The first-order chi connectivity index (χ1) is 13.5. The smallest absolute Gasteiger partial charge is 0.408 e. The zero-order chi connectivity index (χ0) is 19.7. The van der Waals surface area contributed by atoms with E-state index in [0.29, 0.717) is 34.8 Å². The summed E-state index contributed by atoms with van der Waals surface area (Å²) in [5, 5.41) is 3.81. The summed E-state index contributed by atoms with van der Waals surface area (Å²) in [6, 6.07) is 8.47. The monoisotopic (exact) mass is 402 g/mol. The minimum Gasteiger partial charge on any atom is -0.408 e. The Kier molecular flexibility index (Phi) is 4.93. The van der Waals surface area contributed by atoms with Crippen molar-refractivity contribution in [3.05, 3.63) is 70.3 Å². The van der Waals surface area contributed by atoms with Crippen LogP contribution in [-0.2, 0) is 6.42 Å². The minimum atomic E-state index is -0.616. The number of oxazole rings is 1. The predicted octanol–water partition coefficient (Wildman–Crippen LogP) is 3.50. The summed E-state index contributed by atoms with van der Waals surface area (Å²) in [5.41, 5.74) is 8.56. The van der Waals surface area contributed by atoms with Gasteiger partial charge in [-0.15, -0.1) is 0 Å². The molecular weight excluding hydrogens is 386 g/mol. The molecule has 2 heterocycles. The van der Waals surface area contributed by atoms with Crippen molar-refractivity contribution in [1.82, 2.24) is 9.97 Å². The van der Waals surface area contributed by atoms with Gasteiger partial charge < -0.3 is 15.5 Å². The number of nitrogens with two attached hydrogens (primary N) is 1. The molecule has 0 aliphatic carbocycles. The minimum absolute atomic E-state index is 0.334. The summed E-state index contributed by atoms with van der Waals surface area (Å²) in [7, 11) is 0. The Balaban J connectivity index is 1.40. The number of benzene rings is 2. The molecule has 0 aliphatic heterocycles. The van der Waals surface area contributed by atoms with Crippen molar-refractivity contribution < 1.29 is 13.2 Å². The molecule has 0 spiro atoms. The molecule has 4 aromatic rings. The molecule has 0 radical (unpaired) electrons. The number of nitrogens with zero attached hydrogens (tertiary/aromatic N) is 1. The number of anilines is 1. The Bertz CT molecular complexity index is 1160. The lowest BCUT2D eigenvalue weighted by Crippen LogP contribution is -2.31. The lowest BCUT2D eigenvalue weighted by Gasteiger charge is -2.12. The highest BCUT2D eigenvalue weighted by Crippen LogP contribution is 2.30. The molecule has 6 nitrogen and oxygen atoms in total. The molecule has 0 saturated carbocycles. The topological polar surface area (TPSA) is 96.9 Å². The number of hydrogen-bond donors (Lipinski definition) is 3. The van der Waals surface area contributed by atoms with Crippen molar-refractivity contribution in [2.24, 2.45) is 5.73 Å². The van der Waals surface area contributed by atoms with E-state index in [4.69, 9.17) is 10.2 Å². The van der Waals surface area contributed by atoms with E-state index >= 15 is 0 Å². The molecule has 0 unspecified atom stereocenters. The molecule has 0 saturated heterocycles. The maximum absolute atomic E-state index is 13.3. The van der Waals surface area contributed by atoms with E-state index in [9.17, 15) is 13.6 Å². The number of aromatic amines is 1. The summed E-state index contributed by atoms with van der Waals surface area (Å²) in [4.78, 5) is 19.1. The van der Waals surface area contributed by atoms with E-state index in [1.54, 1.807) is 18.3 Å². The highest BCUT2D eigenvalue weighted by atomic mass is 32.1. The van der Waals surface area contributed by atoms with Gasteiger partial charge in [0.1, 0.15) is 11.6 Å². The van der Waals surface area contributed by atoms with Gasteiger partial charge in [-0.1, -0.05) is 17.4 Å². The number of hydrogen-bond acceptors (Lipinski definition) is 6. The highest BCUT2D eigenvalue weighted by Gasteiger charge is 2.10. The van der Waals surface area contributed by atoms with Gasteiger partial charge in [0.2, 0.25) is 0 Å². The van der Waals surface area contributed by atoms with Crippen molar-refractivity contribution in [1.29, 1.82) is 0 Å². The van der Waals surface area contributed by atoms with Crippen LogP contribution in [0.25, 0.3) is 21.5 Å². The summed E-state index contributed by atoms with van der Waals surface area (Å²) in [5.74, 6) is -1.73. The number of H-pyrrole nitrogens is 1. The Morgan fingerprint density at radius 3 is 2.79 bits per heavy atom. The van der Waals surface area contributed by atoms with Crippen LogP contribution in [0.15, 0.2) is 51.8 Å². The number of halogens is 2. The van der Waals surface area contributed by atoms with Crippen molar-refractivity contribution in [3.8, 4) is 10.4 Å². The van der Waals surface area contributed by atoms with Crippen LogP contribution >= 0.6 is 11.3 Å². The normalized spacial score (nSPS) is 12.4. The van der Waals surface area contributed by atoms with Gasteiger partial charge in [-0.2, -0.15) is 0 Å². The molecule has 2 aromatic heterocycles. The maximum Gasteiger partial charge on any atom is 0.417 e. The maximum atomic E-state index is 13.3. The molecule has 2 aromatic carbocycles. The van der Waals surface area contributed by atoms with Crippen LogP contribution in [0.2, 0.25) is 0 Å². The van der Waals surface area contributed by atoms with Crippen LogP contribution in [0.4, 0.5) is 13.9 Å². The Morgan fingerprint density at radius 1 is 1.21 bits per heavy atom. The first-order valence-electron chi connectivity index (χ1n) is 8.50. The molecule has 4 rings (SSSR count). The van der Waals surface area contributed by atoms with Crippen molar-refractivity contribution in [2.45, 2.75) is 12.5 Å². The van der Waals surface area contributed by atoms with Crippen LogP contribution < -0.4 is 16.8 Å². The molecule has 28 heavy (non-hydrogen) atoms. The zero-order valence-corrected chi connectivity index (χ0v) is 15.4. The SMILES string of the molecule is N[C@H](CNc1ncc(-c2ccc3[nH]c(=O)oc3c2)s1)Cc1cc(F)cc(F)c1. The highest BCUT2D eigenvalue weighted by molar-refractivity contribution is 7.18. The van der Waals surface area contributed by atoms with Crippen molar-refractivity contribution in [3.63, 3.8) is 0 Å². The Hall–Kier alpha value is -3.04. The van der Waals surface area contributed by atoms with E-state index < -0.39 is 17.4 Å². The second kappa shape index (κ2) is 7.53. The van der Waals surface area contributed by atoms with Gasteiger partial charge in [-0.05, 0) is 41.8 Å². The molecule has 1 atom stereocenters. The van der Waals surface area contributed by atoms with E-state index in [2.05, 4.69) is 15.3 Å². The van der Waals surface area contributed by atoms with E-state index in [1.165, 1.54) is 23.5 Å². The molecule has 144 valence electrons. The lowest BCUT2D eigenvalue weighted by atomic mass is 10.1. The largest absolute Gasteiger partial charge is 0.417 e. The molecule has 0 bridgehead atoms. The molecule has 0 fully saturated rings. The molecule has 0 aliphatic rings. The second-order valence-corrected chi connectivity index (χ2v) is 7.41. The quantitative estimate of drug-likeness (QED) is 0.459. The first kappa shape index (κ1) is 18.3. The summed E-state index contributed by atoms with van der Waals surface area (Å²) in [6.07, 6.45) is 2.05. The Morgan fingerprint density at radius 2 is 2.00 bits per heavy atom. The summed E-state index contributed by atoms with van der Waals surface area (Å²) < 4.78 is 31.6. The van der Waals surface area contributed by atoms with Gasteiger partial charge in [0.05, 0.1) is 10.4 Å². The average Bonchev–Trinajstić information content (AvgIpc) is 3.23. The molecule has 4 N–H and O–H groups in total. The summed E-state index contributed by atoms with van der Waals surface area (Å²) in [6.45, 7) is 0.400.